The molecular weight excluding hydrogens is 233 g/mol. The van der Waals surface area contributed by atoms with E-state index in [9.17, 15) is 4.39 Å². The van der Waals surface area contributed by atoms with Crippen LogP contribution >= 0.6 is 15.9 Å². The third-order valence-electron chi connectivity index (χ3n) is 1.61. The molecule has 0 amide bonds. The van der Waals surface area contributed by atoms with Crippen molar-refractivity contribution in [2.24, 2.45) is 0 Å². The molecule has 1 aromatic carbocycles. The first-order valence-corrected chi connectivity index (χ1v) is 5.13. The Labute approximate surface area is 85.6 Å². The van der Waals surface area contributed by atoms with E-state index in [4.69, 9.17) is 5.73 Å². The van der Waals surface area contributed by atoms with Crippen molar-refractivity contribution in [2.75, 3.05) is 11.1 Å². The molecule has 0 saturated heterocycles. The molecule has 13 heavy (non-hydrogen) atoms. The maximum atomic E-state index is 12.9. The van der Waals surface area contributed by atoms with Crippen LogP contribution in [0, 0.1) is 5.82 Å². The van der Waals surface area contributed by atoms with Crippen LogP contribution in [0.2, 0.25) is 0 Å². The quantitative estimate of drug-likeness (QED) is 0.641. The summed E-state index contributed by atoms with van der Waals surface area (Å²) in [5, 5.41) is 0.918. The predicted octanol–water partition coefficient (Wildman–Crippen LogP) is 3.21. The Morgan fingerprint density at radius 1 is 1.46 bits per heavy atom. The summed E-state index contributed by atoms with van der Waals surface area (Å²) in [7, 11) is 0. The van der Waals surface area contributed by atoms with Crippen molar-refractivity contribution in [3.05, 3.63) is 35.7 Å². The zero-order valence-electron chi connectivity index (χ0n) is 7.13. The molecule has 0 aromatic heterocycles. The average Bonchev–Trinajstić information content (AvgIpc) is 2.12. The third kappa shape index (κ3) is 3.19. The third-order valence-corrected chi connectivity index (χ3v) is 2.07. The molecule has 1 nitrogen and oxygen atoms in total. The monoisotopic (exact) mass is 243 g/mol. The topological polar surface area (TPSA) is 26.0 Å². The van der Waals surface area contributed by atoms with Crippen molar-refractivity contribution >= 4 is 27.7 Å². The fourth-order valence-electron chi connectivity index (χ4n) is 0.929. The Morgan fingerprint density at radius 2 is 2.23 bits per heavy atom. The van der Waals surface area contributed by atoms with E-state index in [0.717, 1.165) is 17.3 Å². The molecule has 1 aromatic rings. The number of benzene rings is 1. The molecule has 2 N–H and O–H groups in total. The highest BCUT2D eigenvalue weighted by atomic mass is 79.9. The second-order valence-electron chi connectivity index (χ2n) is 2.66. The van der Waals surface area contributed by atoms with Crippen LogP contribution in [0.25, 0.3) is 6.08 Å². The van der Waals surface area contributed by atoms with Gasteiger partial charge in [-0.2, -0.15) is 0 Å². The molecule has 0 fully saturated rings. The number of alkyl halides is 1. The van der Waals surface area contributed by atoms with Crippen LogP contribution in [0.3, 0.4) is 0 Å². The van der Waals surface area contributed by atoms with Crippen LogP contribution in [0.15, 0.2) is 24.3 Å². The van der Waals surface area contributed by atoms with Crippen molar-refractivity contribution < 1.29 is 4.39 Å². The van der Waals surface area contributed by atoms with Gasteiger partial charge >= 0.3 is 0 Å². The number of halogens is 2. The standard InChI is InChI=1S/C10H11BrFN/c11-6-2-1-3-8-4-5-10(13)9(12)7-8/h1,3-5,7H,2,6,13H2. The van der Waals surface area contributed by atoms with Gasteiger partial charge in [-0.3, -0.25) is 0 Å². The first-order valence-electron chi connectivity index (χ1n) is 4.01. The van der Waals surface area contributed by atoms with E-state index in [1.54, 1.807) is 12.1 Å². The predicted molar refractivity (Wildman–Crippen MR) is 58.3 cm³/mol. The highest BCUT2D eigenvalue weighted by Gasteiger charge is 1.96. The zero-order chi connectivity index (χ0) is 9.68. The van der Waals surface area contributed by atoms with Crippen LogP contribution in [-0.2, 0) is 0 Å². The Bertz CT molecular complexity index is 310. The van der Waals surface area contributed by atoms with E-state index in [1.807, 2.05) is 12.2 Å². The summed E-state index contributed by atoms with van der Waals surface area (Å²) in [6, 6.07) is 4.80. The molecule has 3 heteroatoms. The summed E-state index contributed by atoms with van der Waals surface area (Å²) in [5.74, 6) is -0.360. The van der Waals surface area contributed by atoms with Crippen LogP contribution in [0.5, 0.6) is 0 Å². The summed E-state index contributed by atoms with van der Waals surface area (Å²) < 4.78 is 12.9. The van der Waals surface area contributed by atoms with Gasteiger partial charge in [0.15, 0.2) is 0 Å². The largest absolute Gasteiger partial charge is 0.396 e. The van der Waals surface area contributed by atoms with E-state index in [2.05, 4.69) is 15.9 Å². The fraction of sp³-hybridized carbons (Fsp3) is 0.200. The van der Waals surface area contributed by atoms with Gasteiger partial charge in [0, 0.05) is 5.33 Å². The number of nitrogens with two attached hydrogens (primary N) is 1. The van der Waals surface area contributed by atoms with Gasteiger partial charge in [0.25, 0.3) is 0 Å². The summed E-state index contributed by atoms with van der Waals surface area (Å²) in [6.45, 7) is 0. The summed E-state index contributed by atoms with van der Waals surface area (Å²) in [4.78, 5) is 0. The second-order valence-corrected chi connectivity index (χ2v) is 3.45. The highest BCUT2D eigenvalue weighted by molar-refractivity contribution is 9.09. The lowest BCUT2D eigenvalue weighted by atomic mass is 10.2. The molecule has 0 radical (unpaired) electrons. The molecule has 70 valence electrons. The fourth-order valence-corrected chi connectivity index (χ4v) is 1.19. The molecule has 0 aliphatic carbocycles. The minimum absolute atomic E-state index is 0.192. The Kier molecular flexibility index (Phi) is 3.96. The SMILES string of the molecule is Nc1ccc(C=CCCBr)cc1F. The van der Waals surface area contributed by atoms with E-state index in [-0.39, 0.29) is 11.5 Å². The molecule has 0 aliphatic rings. The number of anilines is 1. The van der Waals surface area contributed by atoms with E-state index < -0.39 is 0 Å². The van der Waals surface area contributed by atoms with E-state index >= 15 is 0 Å². The van der Waals surface area contributed by atoms with Crippen molar-refractivity contribution in [3.8, 4) is 0 Å². The Morgan fingerprint density at radius 3 is 2.85 bits per heavy atom. The summed E-state index contributed by atoms with van der Waals surface area (Å²) in [5.41, 5.74) is 6.37. The zero-order valence-corrected chi connectivity index (χ0v) is 8.72. The van der Waals surface area contributed by atoms with Gasteiger partial charge in [-0.05, 0) is 24.1 Å². The first-order chi connectivity index (χ1) is 6.24. The van der Waals surface area contributed by atoms with Crippen LogP contribution < -0.4 is 5.73 Å². The Balaban J connectivity index is 2.73. The van der Waals surface area contributed by atoms with Gasteiger partial charge in [0.1, 0.15) is 5.82 Å². The van der Waals surface area contributed by atoms with Crippen LogP contribution in [0.4, 0.5) is 10.1 Å². The molecular formula is C10H11BrFN. The minimum atomic E-state index is -0.360. The van der Waals surface area contributed by atoms with Gasteiger partial charge in [-0.1, -0.05) is 34.1 Å². The van der Waals surface area contributed by atoms with Crippen molar-refractivity contribution in [2.45, 2.75) is 6.42 Å². The van der Waals surface area contributed by atoms with Crippen LogP contribution in [-0.4, -0.2) is 5.33 Å². The van der Waals surface area contributed by atoms with Crippen molar-refractivity contribution in [1.29, 1.82) is 0 Å². The van der Waals surface area contributed by atoms with Gasteiger partial charge < -0.3 is 5.73 Å². The molecule has 0 atom stereocenters. The molecule has 0 aliphatic heterocycles. The summed E-state index contributed by atoms with van der Waals surface area (Å²) in [6.07, 6.45) is 4.80. The highest BCUT2D eigenvalue weighted by Crippen LogP contribution is 2.13. The molecule has 0 bridgehead atoms. The maximum absolute atomic E-state index is 12.9. The van der Waals surface area contributed by atoms with Crippen molar-refractivity contribution in [3.63, 3.8) is 0 Å². The molecule has 0 spiro atoms. The first kappa shape index (κ1) is 10.3. The van der Waals surface area contributed by atoms with Gasteiger partial charge in [-0.15, -0.1) is 0 Å². The Hall–Kier alpha value is -0.830. The van der Waals surface area contributed by atoms with Gasteiger partial charge in [-0.25, -0.2) is 4.39 Å². The number of hydrogen-bond donors (Lipinski definition) is 1. The molecule has 1 rings (SSSR count). The second kappa shape index (κ2) is 5.02. The van der Waals surface area contributed by atoms with Crippen LogP contribution in [0.1, 0.15) is 12.0 Å². The molecule has 0 heterocycles. The van der Waals surface area contributed by atoms with Crippen molar-refractivity contribution in [1.82, 2.24) is 0 Å². The molecule has 0 saturated carbocycles. The number of nitrogen functional groups attached to an aromatic ring is 1. The molecule has 0 unspecified atom stereocenters. The lowest BCUT2D eigenvalue weighted by molar-refractivity contribution is 0.632. The number of hydrogen-bond acceptors (Lipinski definition) is 1. The number of allylic oxidation sites excluding steroid dienone is 1. The van der Waals surface area contributed by atoms with Gasteiger partial charge in [0.2, 0.25) is 0 Å². The normalized spacial score (nSPS) is 10.9. The minimum Gasteiger partial charge on any atom is -0.396 e. The van der Waals surface area contributed by atoms with E-state index in [0.29, 0.717) is 0 Å². The number of rotatable bonds is 3. The smallest absolute Gasteiger partial charge is 0.146 e. The van der Waals surface area contributed by atoms with Gasteiger partial charge in [0.05, 0.1) is 5.69 Å². The average molecular weight is 244 g/mol. The lowest BCUT2D eigenvalue weighted by Crippen LogP contribution is -1.89. The summed E-state index contributed by atoms with van der Waals surface area (Å²) >= 11 is 3.30. The lowest BCUT2D eigenvalue weighted by Gasteiger charge is -1.97. The maximum Gasteiger partial charge on any atom is 0.146 e. The van der Waals surface area contributed by atoms with E-state index in [1.165, 1.54) is 6.07 Å².